The Morgan fingerprint density at radius 2 is 1.03 bits per heavy atom. The van der Waals surface area contributed by atoms with Gasteiger partial charge in [0.2, 0.25) is 9.84 Å². The van der Waals surface area contributed by atoms with Crippen molar-refractivity contribution >= 4 is 37.7 Å². The topological polar surface area (TPSA) is 37.4 Å². The van der Waals surface area contributed by atoms with Crippen molar-refractivity contribution in [3.8, 4) is 0 Å². The predicted molar refractivity (Wildman–Crippen MR) is 135 cm³/mol. The van der Waals surface area contributed by atoms with Crippen LogP contribution in [0.15, 0.2) is 131 Å². The van der Waals surface area contributed by atoms with Crippen molar-refractivity contribution in [3.63, 3.8) is 0 Å². The average molecular weight is 450 g/mol. The Morgan fingerprint density at radius 3 is 1.64 bits per heavy atom. The van der Waals surface area contributed by atoms with E-state index in [-0.39, 0.29) is 0 Å². The predicted octanol–water partition coefficient (Wildman–Crippen LogP) is 7.45. The Morgan fingerprint density at radius 1 is 0.515 bits per heavy atom. The van der Waals surface area contributed by atoms with Crippen LogP contribution in [-0.2, 0) is 9.84 Å². The quantitative estimate of drug-likeness (QED) is 0.280. The number of nitrogens with zero attached hydrogens (tertiary/aromatic N) is 1. The lowest BCUT2D eigenvalue weighted by atomic mass is 10.1. The lowest BCUT2D eigenvalue weighted by Gasteiger charge is -2.25. The summed E-state index contributed by atoms with van der Waals surface area (Å²) >= 11 is 0. The summed E-state index contributed by atoms with van der Waals surface area (Å²) in [5.41, 5.74) is 4.15. The van der Waals surface area contributed by atoms with E-state index in [0.717, 1.165) is 33.4 Å². The van der Waals surface area contributed by atoms with E-state index in [1.54, 1.807) is 24.3 Å². The van der Waals surface area contributed by atoms with Gasteiger partial charge >= 0.3 is 0 Å². The fraction of sp³-hybridized carbons (Fsp3) is 0.0345. The normalized spacial score (nSPS) is 11.4. The monoisotopic (exact) mass is 449 g/mol. The second-order valence-corrected chi connectivity index (χ2v) is 9.97. The Kier molecular flexibility index (Phi) is 5.45. The van der Waals surface area contributed by atoms with Gasteiger partial charge in [0.25, 0.3) is 0 Å². The molecule has 0 aliphatic rings. The molecule has 0 fully saturated rings. The van der Waals surface area contributed by atoms with E-state index < -0.39 is 9.84 Å². The summed E-state index contributed by atoms with van der Waals surface area (Å²) in [6.07, 6.45) is 0. The van der Waals surface area contributed by atoms with E-state index in [4.69, 9.17) is 0 Å². The zero-order valence-electron chi connectivity index (χ0n) is 18.2. The van der Waals surface area contributed by atoms with Crippen molar-refractivity contribution in [3.05, 3.63) is 127 Å². The number of hydrogen-bond acceptors (Lipinski definition) is 3. The Labute approximate surface area is 194 Å². The van der Waals surface area contributed by atoms with Crippen LogP contribution < -0.4 is 4.90 Å². The molecule has 0 aromatic heterocycles. The zero-order chi connectivity index (χ0) is 22.8. The van der Waals surface area contributed by atoms with Gasteiger partial charge in [-0.3, -0.25) is 0 Å². The summed E-state index contributed by atoms with van der Waals surface area (Å²) in [5, 5.41) is 1.86. The Balaban J connectivity index is 1.58. The van der Waals surface area contributed by atoms with Crippen LogP contribution in [0.4, 0.5) is 17.1 Å². The second-order valence-electron chi connectivity index (χ2n) is 8.02. The maximum absolute atomic E-state index is 13.1. The number of para-hydroxylation sites is 2. The van der Waals surface area contributed by atoms with Crippen LogP contribution in [0, 0.1) is 6.92 Å². The highest BCUT2D eigenvalue weighted by Gasteiger charge is 2.18. The summed E-state index contributed by atoms with van der Waals surface area (Å²) in [6, 6.07) is 38.8. The smallest absolute Gasteiger partial charge is 0.206 e. The summed E-state index contributed by atoms with van der Waals surface area (Å²) < 4.78 is 26.3. The first-order valence-corrected chi connectivity index (χ1v) is 12.3. The molecule has 5 rings (SSSR count). The third-order valence-electron chi connectivity index (χ3n) is 5.72. The van der Waals surface area contributed by atoms with Gasteiger partial charge in [0.1, 0.15) is 0 Å². The Bertz CT molecular complexity index is 1470. The number of sulfone groups is 1. The molecule has 0 atom stereocenters. The number of anilines is 3. The minimum Gasteiger partial charge on any atom is -0.310 e. The SMILES string of the molecule is Cc1ccc(S(=O)(=O)c2ccc3cc(N(c4ccccc4)c4ccccc4)ccc3c2)cc1. The van der Waals surface area contributed by atoms with Crippen LogP contribution >= 0.6 is 0 Å². The van der Waals surface area contributed by atoms with E-state index in [1.807, 2.05) is 73.7 Å². The fourth-order valence-electron chi connectivity index (χ4n) is 3.97. The van der Waals surface area contributed by atoms with E-state index in [2.05, 4.69) is 35.2 Å². The van der Waals surface area contributed by atoms with Gasteiger partial charge in [-0.05, 0) is 78.4 Å². The van der Waals surface area contributed by atoms with Crippen LogP contribution in [0.25, 0.3) is 10.8 Å². The largest absolute Gasteiger partial charge is 0.310 e. The van der Waals surface area contributed by atoms with Crippen molar-refractivity contribution in [2.75, 3.05) is 4.90 Å². The molecular weight excluding hydrogens is 426 g/mol. The molecule has 4 heteroatoms. The van der Waals surface area contributed by atoms with E-state index in [1.165, 1.54) is 0 Å². The standard InChI is InChI=1S/C29H23NO2S/c1-22-12-17-28(18-13-22)33(31,32)29-19-15-23-20-27(16-14-24(23)21-29)30(25-8-4-2-5-9-25)26-10-6-3-7-11-26/h2-21H,1H3. The summed E-state index contributed by atoms with van der Waals surface area (Å²) in [7, 11) is -3.57. The maximum atomic E-state index is 13.1. The minimum atomic E-state index is -3.57. The number of rotatable bonds is 5. The molecule has 0 aliphatic heterocycles. The molecule has 0 aliphatic carbocycles. The second kappa shape index (κ2) is 8.57. The lowest BCUT2D eigenvalue weighted by Crippen LogP contribution is -2.09. The summed E-state index contributed by atoms with van der Waals surface area (Å²) in [5.74, 6) is 0. The lowest BCUT2D eigenvalue weighted by molar-refractivity contribution is 0.596. The summed E-state index contributed by atoms with van der Waals surface area (Å²) in [4.78, 5) is 2.80. The van der Waals surface area contributed by atoms with Crippen LogP contribution in [0.1, 0.15) is 5.56 Å². The van der Waals surface area contributed by atoms with Crippen LogP contribution in [0.5, 0.6) is 0 Å². The van der Waals surface area contributed by atoms with Gasteiger partial charge in [-0.15, -0.1) is 0 Å². The molecule has 0 saturated heterocycles. The van der Waals surface area contributed by atoms with E-state index >= 15 is 0 Å². The highest BCUT2D eigenvalue weighted by molar-refractivity contribution is 7.91. The first-order valence-electron chi connectivity index (χ1n) is 10.8. The molecule has 0 bridgehead atoms. The van der Waals surface area contributed by atoms with Gasteiger partial charge in [0.15, 0.2) is 0 Å². The van der Waals surface area contributed by atoms with Gasteiger partial charge in [-0.1, -0.05) is 66.2 Å². The molecule has 0 saturated carbocycles. The molecule has 0 radical (unpaired) electrons. The summed E-state index contributed by atoms with van der Waals surface area (Å²) in [6.45, 7) is 1.94. The van der Waals surface area contributed by atoms with Gasteiger partial charge in [-0.25, -0.2) is 8.42 Å². The highest BCUT2D eigenvalue weighted by Crippen LogP contribution is 2.36. The number of hydrogen-bond donors (Lipinski definition) is 0. The van der Waals surface area contributed by atoms with Crippen molar-refractivity contribution in [1.29, 1.82) is 0 Å². The molecule has 0 unspecified atom stereocenters. The van der Waals surface area contributed by atoms with Crippen LogP contribution in [0.2, 0.25) is 0 Å². The highest BCUT2D eigenvalue weighted by atomic mass is 32.2. The van der Waals surface area contributed by atoms with Crippen LogP contribution in [-0.4, -0.2) is 8.42 Å². The van der Waals surface area contributed by atoms with Gasteiger partial charge in [0.05, 0.1) is 9.79 Å². The molecule has 0 spiro atoms. The van der Waals surface area contributed by atoms with Crippen molar-refractivity contribution in [1.82, 2.24) is 0 Å². The molecule has 0 amide bonds. The third kappa shape index (κ3) is 4.13. The van der Waals surface area contributed by atoms with Crippen molar-refractivity contribution < 1.29 is 8.42 Å². The molecular formula is C29H23NO2S. The zero-order valence-corrected chi connectivity index (χ0v) is 19.0. The van der Waals surface area contributed by atoms with Crippen LogP contribution in [0.3, 0.4) is 0 Å². The third-order valence-corrected chi connectivity index (χ3v) is 7.49. The molecule has 0 heterocycles. The molecule has 33 heavy (non-hydrogen) atoms. The minimum absolute atomic E-state index is 0.301. The molecule has 3 nitrogen and oxygen atoms in total. The Hall–Kier alpha value is -3.89. The molecule has 162 valence electrons. The first-order chi connectivity index (χ1) is 16.0. The number of benzene rings is 5. The molecule has 5 aromatic rings. The number of fused-ring (bicyclic) bond motifs is 1. The first kappa shape index (κ1) is 21.0. The van der Waals surface area contributed by atoms with Crippen molar-refractivity contribution in [2.24, 2.45) is 0 Å². The van der Waals surface area contributed by atoms with Gasteiger partial charge in [-0.2, -0.15) is 0 Å². The van der Waals surface area contributed by atoms with E-state index in [0.29, 0.717) is 9.79 Å². The van der Waals surface area contributed by atoms with E-state index in [9.17, 15) is 8.42 Å². The average Bonchev–Trinajstić information content (AvgIpc) is 2.85. The van der Waals surface area contributed by atoms with Gasteiger partial charge in [0, 0.05) is 17.1 Å². The number of aryl methyl sites for hydroxylation is 1. The maximum Gasteiger partial charge on any atom is 0.206 e. The molecule has 0 N–H and O–H groups in total. The fourth-order valence-corrected chi connectivity index (χ4v) is 5.27. The van der Waals surface area contributed by atoms with Gasteiger partial charge < -0.3 is 4.90 Å². The molecule has 5 aromatic carbocycles. The van der Waals surface area contributed by atoms with Crippen molar-refractivity contribution in [2.45, 2.75) is 16.7 Å².